The van der Waals surface area contributed by atoms with Gasteiger partial charge >= 0.3 is 5.97 Å². The van der Waals surface area contributed by atoms with E-state index in [1.807, 2.05) is 43.3 Å². The molecule has 0 aliphatic heterocycles. The Morgan fingerprint density at radius 2 is 1.76 bits per heavy atom. The maximum atomic E-state index is 13.9. The molecule has 0 atom stereocenters. The first-order chi connectivity index (χ1) is 10.1. The van der Waals surface area contributed by atoms with Crippen LogP contribution in [0.15, 0.2) is 54.6 Å². The molecule has 0 fully saturated rings. The number of fused-ring (bicyclic) bond motifs is 1. The fourth-order valence-electron chi connectivity index (χ4n) is 2.69. The molecule has 0 spiro atoms. The summed E-state index contributed by atoms with van der Waals surface area (Å²) in [5.74, 6) is -1.97. The Kier molecular flexibility index (Phi) is 3.18. The van der Waals surface area contributed by atoms with Crippen molar-refractivity contribution in [2.45, 2.75) is 6.92 Å². The summed E-state index contributed by atoms with van der Waals surface area (Å²) in [6.45, 7) is 1.90. The monoisotopic (exact) mass is 280 g/mol. The smallest absolute Gasteiger partial charge is 0.339 e. The van der Waals surface area contributed by atoms with Crippen molar-refractivity contribution in [3.05, 3.63) is 71.5 Å². The summed E-state index contributed by atoms with van der Waals surface area (Å²) in [6.07, 6.45) is 0. The van der Waals surface area contributed by atoms with Gasteiger partial charge in [0.25, 0.3) is 0 Å². The standard InChI is InChI=1S/C18H13FO2/c1-11-9-10-12-5-2-3-6-13(12)16(11)14-7-4-8-15(19)17(14)18(20)21/h2-10H,1H3,(H,20,21). The molecule has 0 unspecified atom stereocenters. The van der Waals surface area contributed by atoms with Crippen molar-refractivity contribution in [1.29, 1.82) is 0 Å². The summed E-state index contributed by atoms with van der Waals surface area (Å²) in [6, 6.07) is 16.0. The van der Waals surface area contributed by atoms with Gasteiger partial charge in [0.1, 0.15) is 11.4 Å². The van der Waals surface area contributed by atoms with Gasteiger partial charge in [-0.05, 0) is 34.9 Å². The van der Waals surface area contributed by atoms with Gasteiger partial charge in [-0.25, -0.2) is 9.18 Å². The van der Waals surface area contributed by atoms with Crippen molar-refractivity contribution in [1.82, 2.24) is 0 Å². The molecule has 0 saturated carbocycles. The lowest BCUT2D eigenvalue weighted by Gasteiger charge is -2.13. The van der Waals surface area contributed by atoms with E-state index in [4.69, 9.17) is 0 Å². The highest BCUT2D eigenvalue weighted by Crippen LogP contribution is 2.34. The minimum absolute atomic E-state index is 0.281. The molecule has 3 heteroatoms. The molecule has 1 N–H and O–H groups in total. The number of aryl methyl sites for hydroxylation is 1. The van der Waals surface area contributed by atoms with Gasteiger partial charge in [0.2, 0.25) is 0 Å². The van der Waals surface area contributed by atoms with E-state index in [-0.39, 0.29) is 5.56 Å². The van der Waals surface area contributed by atoms with E-state index in [2.05, 4.69) is 0 Å². The van der Waals surface area contributed by atoms with Crippen LogP contribution in [0.5, 0.6) is 0 Å². The zero-order valence-electron chi connectivity index (χ0n) is 11.4. The van der Waals surface area contributed by atoms with E-state index < -0.39 is 11.8 Å². The van der Waals surface area contributed by atoms with Crippen LogP contribution in [0.3, 0.4) is 0 Å². The van der Waals surface area contributed by atoms with Crippen molar-refractivity contribution >= 4 is 16.7 Å². The highest BCUT2D eigenvalue weighted by molar-refractivity contribution is 6.04. The molecule has 0 amide bonds. The minimum Gasteiger partial charge on any atom is -0.478 e. The highest BCUT2D eigenvalue weighted by Gasteiger charge is 2.19. The summed E-state index contributed by atoms with van der Waals surface area (Å²) in [4.78, 5) is 11.4. The summed E-state index contributed by atoms with van der Waals surface area (Å²) in [5.41, 5.74) is 1.82. The molecule has 0 bridgehead atoms. The lowest BCUT2D eigenvalue weighted by molar-refractivity contribution is 0.0693. The van der Waals surface area contributed by atoms with Crippen molar-refractivity contribution in [2.24, 2.45) is 0 Å². The van der Waals surface area contributed by atoms with Gasteiger partial charge in [-0.2, -0.15) is 0 Å². The first-order valence-electron chi connectivity index (χ1n) is 6.60. The number of rotatable bonds is 2. The Balaban J connectivity index is 2.44. The summed E-state index contributed by atoms with van der Waals surface area (Å²) >= 11 is 0. The Morgan fingerprint density at radius 3 is 2.52 bits per heavy atom. The summed E-state index contributed by atoms with van der Waals surface area (Å²) < 4.78 is 13.9. The number of hydrogen-bond acceptors (Lipinski definition) is 1. The van der Waals surface area contributed by atoms with Crippen molar-refractivity contribution in [3.8, 4) is 11.1 Å². The van der Waals surface area contributed by atoms with Gasteiger partial charge in [0.15, 0.2) is 0 Å². The fourth-order valence-corrected chi connectivity index (χ4v) is 2.69. The molecule has 0 heterocycles. The molecule has 3 aromatic rings. The van der Waals surface area contributed by atoms with E-state index in [9.17, 15) is 14.3 Å². The van der Waals surface area contributed by atoms with Crippen LogP contribution in [0.2, 0.25) is 0 Å². The van der Waals surface area contributed by atoms with Gasteiger partial charge in [0, 0.05) is 5.56 Å². The fraction of sp³-hybridized carbons (Fsp3) is 0.0556. The van der Waals surface area contributed by atoms with Crippen LogP contribution in [0.4, 0.5) is 4.39 Å². The summed E-state index contributed by atoms with van der Waals surface area (Å²) in [5, 5.41) is 11.3. The SMILES string of the molecule is Cc1ccc2ccccc2c1-c1cccc(F)c1C(=O)O. The van der Waals surface area contributed by atoms with Gasteiger partial charge < -0.3 is 5.11 Å². The van der Waals surface area contributed by atoms with Crippen molar-refractivity contribution in [2.75, 3.05) is 0 Å². The number of hydrogen-bond donors (Lipinski definition) is 1. The predicted octanol–water partition coefficient (Wildman–Crippen LogP) is 4.65. The number of aromatic carboxylic acids is 1. The van der Waals surface area contributed by atoms with Gasteiger partial charge in [-0.1, -0.05) is 48.5 Å². The van der Waals surface area contributed by atoms with E-state index in [1.54, 1.807) is 12.1 Å². The second-order valence-electron chi connectivity index (χ2n) is 4.95. The van der Waals surface area contributed by atoms with E-state index in [0.717, 1.165) is 21.9 Å². The van der Waals surface area contributed by atoms with Gasteiger partial charge in [-0.3, -0.25) is 0 Å². The second-order valence-corrected chi connectivity index (χ2v) is 4.95. The molecule has 0 aromatic heterocycles. The highest BCUT2D eigenvalue weighted by atomic mass is 19.1. The molecule has 0 aliphatic rings. The van der Waals surface area contributed by atoms with Gasteiger partial charge in [-0.15, -0.1) is 0 Å². The minimum atomic E-state index is -1.25. The molecular weight excluding hydrogens is 267 g/mol. The maximum Gasteiger partial charge on any atom is 0.339 e. The zero-order valence-corrected chi connectivity index (χ0v) is 11.4. The molecule has 21 heavy (non-hydrogen) atoms. The maximum absolute atomic E-state index is 13.9. The first-order valence-corrected chi connectivity index (χ1v) is 6.60. The Bertz CT molecular complexity index is 853. The number of halogens is 1. The molecule has 3 rings (SSSR count). The third kappa shape index (κ3) is 2.17. The number of carbonyl (C=O) groups is 1. The normalized spacial score (nSPS) is 10.8. The summed E-state index contributed by atoms with van der Waals surface area (Å²) in [7, 11) is 0. The van der Waals surface area contributed by atoms with E-state index >= 15 is 0 Å². The molecule has 104 valence electrons. The lowest BCUT2D eigenvalue weighted by Crippen LogP contribution is -2.04. The van der Waals surface area contributed by atoms with Crippen LogP contribution < -0.4 is 0 Å². The third-order valence-electron chi connectivity index (χ3n) is 3.63. The van der Waals surface area contributed by atoms with Crippen molar-refractivity contribution in [3.63, 3.8) is 0 Å². The number of carboxylic acids is 1. The Hall–Kier alpha value is -2.68. The van der Waals surface area contributed by atoms with Gasteiger partial charge in [0.05, 0.1) is 0 Å². The Labute approximate surface area is 121 Å². The third-order valence-corrected chi connectivity index (χ3v) is 3.63. The molecule has 0 saturated heterocycles. The number of carboxylic acid groups (broad SMARTS) is 1. The molecule has 3 aromatic carbocycles. The van der Waals surface area contributed by atoms with E-state index in [0.29, 0.717) is 5.56 Å². The van der Waals surface area contributed by atoms with Crippen LogP contribution in [-0.4, -0.2) is 11.1 Å². The topological polar surface area (TPSA) is 37.3 Å². The predicted molar refractivity (Wildman–Crippen MR) is 81.0 cm³/mol. The molecule has 2 nitrogen and oxygen atoms in total. The lowest BCUT2D eigenvalue weighted by atomic mass is 9.91. The first kappa shape index (κ1) is 13.3. The number of benzene rings is 3. The molecular formula is C18H13FO2. The average Bonchev–Trinajstić information content (AvgIpc) is 2.46. The van der Waals surface area contributed by atoms with Crippen LogP contribution >= 0.6 is 0 Å². The second kappa shape index (κ2) is 5.02. The van der Waals surface area contributed by atoms with Crippen LogP contribution in [-0.2, 0) is 0 Å². The zero-order chi connectivity index (χ0) is 15.0. The van der Waals surface area contributed by atoms with E-state index in [1.165, 1.54) is 6.07 Å². The quantitative estimate of drug-likeness (QED) is 0.741. The molecule has 0 aliphatic carbocycles. The Morgan fingerprint density at radius 1 is 1.00 bits per heavy atom. The van der Waals surface area contributed by atoms with Crippen LogP contribution in [0.1, 0.15) is 15.9 Å². The molecule has 0 radical (unpaired) electrons. The van der Waals surface area contributed by atoms with Crippen LogP contribution in [0, 0.1) is 12.7 Å². The average molecular weight is 280 g/mol. The largest absolute Gasteiger partial charge is 0.478 e. The van der Waals surface area contributed by atoms with Crippen molar-refractivity contribution < 1.29 is 14.3 Å². The van der Waals surface area contributed by atoms with Crippen LogP contribution in [0.25, 0.3) is 21.9 Å².